The van der Waals surface area contributed by atoms with Crippen LogP contribution in [0.5, 0.6) is 0 Å². The minimum absolute atomic E-state index is 0.0876. The fourth-order valence-electron chi connectivity index (χ4n) is 3.09. The van der Waals surface area contributed by atoms with E-state index in [9.17, 15) is 14.7 Å². The third-order valence-corrected chi connectivity index (χ3v) is 5.00. The summed E-state index contributed by atoms with van der Waals surface area (Å²) < 4.78 is 1.58. The number of nitrogens with zero attached hydrogens (tertiary/aromatic N) is 3. The molecule has 8 heteroatoms. The zero-order valence-electron chi connectivity index (χ0n) is 13.7. The maximum Gasteiger partial charge on any atom is 0.308 e. The molecule has 3 rings (SSSR count). The lowest BCUT2D eigenvalue weighted by atomic mass is 9.99. The maximum absolute atomic E-state index is 12.7. The minimum atomic E-state index is -0.877. The quantitative estimate of drug-likeness (QED) is 0.884. The topological polar surface area (TPSA) is 75.4 Å². The van der Waals surface area contributed by atoms with E-state index in [1.807, 2.05) is 13.8 Å². The third kappa shape index (κ3) is 3.37. The van der Waals surface area contributed by atoms with Crippen LogP contribution in [0.15, 0.2) is 24.3 Å². The van der Waals surface area contributed by atoms with Crippen LogP contribution in [0.4, 0.5) is 0 Å². The van der Waals surface area contributed by atoms with Crippen molar-refractivity contribution in [2.24, 2.45) is 11.8 Å². The number of likely N-dealkylation sites (tertiary alicyclic amines) is 1. The molecule has 132 valence electrons. The Bertz CT molecular complexity index is 850. The van der Waals surface area contributed by atoms with Crippen molar-refractivity contribution in [3.8, 4) is 5.69 Å². The zero-order valence-corrected chi connectivity index (χ0v) is 15.3. The molecule has 0 aliphatic carbocycles. The number of hydrogen-bond acceptors (Lipinski definition) is 3. The van der Waals surface area contributed by atoms with Crippen LogP contribution in [0, 0.1) is 18.8 Å². The van der Waals surface area contributed by atoms with Crippen molar-refractivity contribution in [2.45, 2.75) is 13.8 Å². The van der Waals surface area contributed by atoms with Crippen molar-refractivity contribution < 1.29 is 14.7 Å². The molecule has 0 bridgehead atoms. The Morgan fingerprint density at radius 2 is 1.96 bits per heavy atom. The Kier molecular flexibility index (Phi) is 4.75. The summed E-state index contributed by atoms with van der Waals surface area (Å²) in [5.41, 5.74) is 1.64. The number of carbonyl (C=O) groups excluding carboxylic acids is 1. The Balaban J connectivity index is 1.87. The summed E-state index contributed by atoms with van der Waals surface area (Å²) in [7, 11) is 0. The number of aliphatic carboxylic acids is 1. The Morgan fingerprint density at radius 1 is 1.24 bits per heavy atom. The average molecular weight is 382 g/mol. The van der Waals surface area contributed by atoms with Gasteiger partial charge in [-0.2, -0.15) is 5.10 Å². The van der Waals surface area contributed by atoms with Gasteiger partial charge in [0.05, 0.1) is 16.6 Å². The van der Waals surface area contributed by atoms with Gasteiger partial charge < -0.3 is 10.0 Å². The van der Waals surface area contributed by atoms with E-state index in [1.54, 1.807) is 33.8 Å². The number of carboxylic acids is 1. The summed E-state index contributed by atoms with van der Waals surface area (Å²) in [5, 5.41) is 14.5. The molecule has 2 aromatic rings. The summed E-state index contributed by atoms with van der Waals surface area (Å²) >= 11 is 12.1. The first-order chi connectivity index (χ1) is 11.8. The summed E-state index contributed by atoms with van der Waals surface area (Å²) in [6.45, 7) is 4.26. The molecule has 1 amide bonds. The van der Waals surface area contributed by atoms with Crippen molar-refractivity contribution in [3.05, 3.63) is 45.7 Å². The minimum Gasteiger partial charge on any atom is -0.481 e. The van der Waals surface area contributed by atoms with E-state index in [-0.39, 0.29) is 24.1 Å². The van der Waals surface area contributed by atoms with Crippen molar-refractivity contribution in [2.75, 3.05) is 13.1 Å². The van der Waals surface area contributed by atoms with Crippen LogP contribution < -0.4 is 0 Å². The summed E-state index contributed by atoms with van der Waals surface area (Å²) in [5.74, 6) is -1.78. The number of aromatic nitrogens is 2. The number of benzene rings is 1. The highest BCUT2D eigenvalue weighted by atomic mass is 35.5. The number of aryl methyl sites for hydroxylation is 1. The Hall–Kier alpha value is -2.05. The van der Waals surface area contributed by atoms with Gasteiger partial charge in [0.2, 0.25) is 0 Å². The van der Waals surface area contributed by atoms with Crippen LogP contribution in [0.2, 0.25) is 10.0 Å². The molecule has 1 saturated heterocycles. The van der Waals surface area contributed by atoms with Gasteiger partial charge in [-0.3, -0.25) is 9.59 Å². The van der Waals surface area contributed by atoms with Gasteiger partial charge >= 0.3 is 5.97 Å². The van der Waals surface area contributed by atoms with E-state index in [4.69, 9.17) is 23.2 Å². The molecule has 2 atom stereocenters. The van der Waals surface area contributed by atoms with Crippen molar-refractivity contribution in [1.82, 2.24) is 14.7 Å². The molecule has 1 aromatic carbocycles. The molecular formula is C17H17Cl2N3O3. The van der Waals surface area contributed by atoms with E-state index >= 15 is 0 Å². The van der Waals surface area contributed by atoms with Gasteiger partial charge in [-0.05, 0) is 37.1 Å². The first kappa shape index (κ1) is 17.8. The second-order valence-electron chi connectivity index (χ2n) is 6.31. The SMILES string of the molecule is Cc1cc(C(=O)N2C[C@@H](C)[C@H](C(=O)O)C2)nn1-c1ccc(Cl)cc1Cl. The second kappa shape index (κ2) is 6.69. The molecule has 1 aliphatic rings. The molecule has 1 aromatic heterocycles. The van der Waals surface area contributed by atoms with Crippen LogP contribution in [0.3, 0.4) is 0 Å². The second-order valence-corrected chi connectivity index (χ2v) is 7.15. The molecule has 1 fully saturated rings. The summed E-state index contributed by atoms with van der Waals surface area (Å²) in [6.07, 6.45) is 0. The van der Waals surface area contributed by atoms with Gasteiger partial charge in [-0.25, -0.2) is 4.68 Å². The van der Waals surface area contributed by atoms with E-state index < -0.39 is 11.9 Å². The molecule has 25 heavy (non-hydrogen) atoms. The van der Waals surface area contributed by atoms with Gasteiger partial charge in [0.15, 0.2) is 5.69 Å². The van der Waals surface area contributed by atoms with Crippen LogP contribution in [0.1, 0.15) is 23.1 Å². The maximum atomic E-state index is 12.7. The molecule has 1 N–H and O–H groups in total. The predicted molar refractivity (Wildman–Crippen MR) is 94.5 cm³/mol. The van der Waals surface area contributed by atoms with E-state index in [2.05, 4.69) is 5.10 Å². The monoisotopic (exact) mass is 381 g/mol. The molecule has 2 heterocycles. The molecule has 0 spiro atoms. The lowest BCUT2D eigenvalue weighted by Crippen LogP contribution is -2.30. The lowest BCUT2D eigenvalue weighted by Gasteiger charge is -2.14. The molecular weight excluding hydrogens is 365 g/mol. The largest absolute Gasteiger partial charge is 0.481 e. The molecule has 6 nitrogen and oxygen atoms in total. The van der Waals surface area contributed by atoms with E-state index in [1.165, 1.54) is 0 Å². The molecule has 0 radical (unpaired) electrons. The van der Waals surface area contributed by atoms with Gasteiger partial charge in [0.25, 0.3) is 5.91 Å². The first-order valence-electron chi connectivity index (χ1n) is 7.82. The van der Waals surface area contributed by atoms with Gasteiger partial charge in [-0.1, -0.05) is 30.1 Å². The number of hydrogen-bond donors (Lipinski definition) is 1. The first-order valence-corrected chi connectivity index (χ1v) is 8.57. The van der Waals surface area contributed by atoms with E-state index in [0.29, 0.717) is 22.3 Å². The number of halogens is 2. The lowest BCUT2D eigenvalue weighted by molar-refractivity contribution is -0.142. The normalized spacial score (nSPS) is 20.1. The number of amides is 1. The standard InChI is InChI=1S/C17H17Cl2N3O3/c1-9-7-21(8-12(9)17(24)25)16(23)14-5-10(2)22(20-14)15-4-3-11(18)6-13(15)19/h3-6,9,12H,7-8H2,1-2H3,(H,24,25)/t9-,12-/m1/s1. The van der Waals surface area contributed by atoms with Crippen LogP contribution in [-0.4, -0.2) is 44.8 Å². The smallest absolute Gasteiger partial charge is 0.308 e. The Labute approximate surface area is 154 Å². The zero-order chi connectivity index (χ0) is 18.3. The van der Waals surface area contributed by atoms with Crippen LogP contribution in [0.25, 0.3) is 5.69 Å². The van der Waals surface area contributed by atoms with Crippen molar-refractivity contribution >= 4 is 35.1 Å². The highest BCUT2D eigenvalue weighted by molar-refractivity contribution is 6.35. The van der Waals surface area contributed by atoms with Gasteiger partial charge in [0, 0.05) is 23.8 Å². The fraction of sp³-hybridized carbons (Fsp3) is 0.353. The number of carbonyl (C=O) groups is 2. The van der Waals surface area contributed by atoms with Crippen molar-refractivity contribution in [1.29, 1.82) is 0 Å². The average Bonchev–Trinajstić information content (AvgIpc) is 3.10. The number of carboxylic acid groups (broad SMARTS) is 1. The van der Waals surface area contributed by atoms with Crippen LogP contribution >= 0.6 is 23.2 Å². The molecule has 0 unspecified atom stereocenters. The third-order valence-electron chi connectivity index (χ3n) is 4.46. The van der Waals surface area contributed by atoms with E-state index in [0.717, 1.165) is 5.69 Å². The number of rotatable bonds is 3. The summed E-state index contributed by atoms with van der Waals surface area (Å²) in [4.78, 5) is 25.5. The Morgan fingerprint density at radius 3 is 2.56 bits per heavy atom. The van der Waals surface area contributed by atoms with Crippen molar-refractivity contribution in [3.63, 3.8) is 0 Å². The molecule has 0 saturated carbocycles. The highest BCUT2D eigenvalue weighted by Gasteiger charge is 2.37. The van der Waals surface area contributed by atoms with Gasteiger partial charge in [-0.15, -0.1) is 0 Å². The van der Waals surface area contributed by atoms with Gasteiger partial charge in [0.1, 0.15) is 0 Å². The fourth-order valence-corrected chi connectivity index (χ4v) is 3.58. The van der Waals surface area contributed by atoms with Crippen LogP contribution in [-0.2, 0) is 4.79 Å². The summed E-state index contributed by atoms with van der Waals surface area (Å²) in [6, 6.07) is 6.72. The highest BCUT2D eigenvalue weighted by Crippen LogP contribution is 2.27. The molecule has 1 aliphatic heterocycles. The predicted octanol–water partition coefficient (Wildman–Crippen LogP) is 3.28.